The third-order valence-electron chi connectivity index (χ3n) is 4.50. The predicted octanol–water partition coefficient (Wildman–Crippen LogP) is 4.02. The van der Waals surface area contributed by atoms with Crippen molar-refractivity contribution in [3.63, 3.8) is 0 Å². The minimum Gasteiger partial charge on any atom is -0.349 e. The lowest BCUT2D eigenvalue weighted by molar-refractivity contribution is 0.0925. The maximum Gasteiger partial charge on any atom is 0.268 e. The Morgan fingerprint density at radius 3 is 2.57 bits per heavy atom. The summed E-state index contributed by atoms with van der Waals surface area (Å²) < 4.78 is 0. The number of rotatable bonds is 2. The molecule has 1 amide bonds. The van der Waals surface area contributed by atoms with Crippen LogP contribution in [-0.2, 0) is 0 Å². The van der Waals surface area contributed by atoms with Crippen LogP contribution in [0.15, 0.2) is 29.1 Å². The first-order valence-corrected chi connectivity index (χ1v) is 8.65. The molecule has 5 heteroatoms. The Kier molecular flexibility index (Phi) is 5.01. The highest BCUT2D eigenvalue weighted by Crippen LogP contribution is 2.20. The van der Waals surface area contributed by atoms with Crippen LogP contribution in [0.1, 0.15) is 55.4 Å². The van der Waals surface area contributed by atoms with E-state index in [0.29, 0.717) is 15.9 Å². The van der Waals surface area contributed by atoms with Gasteiger partial charge in [0.15, 0.2) is 5.43 Å². The van der Waals surface area contributed by atoms with Gasteiger partial charge in [0.25, 0.3) is 5.91 Å². The maximum atomic E-state index is 12.5. The quantitative estimate of drug-likeness (QED) is 0.872. The zero-order valence-electron chi connectivity index (χ0n) is 13.0. The van der Waals surface area contributed by atoms with Gasteiger partial charge >= 0.3 is 0 Å². The number of pyridine rings is 1. The number of halogens is 1. The number of aromatic nitrogens is 1. The number of carbonyl (C=O) groups is 1. The summed E-state index contributed by atoms with van der Waals surface area (Å²) in [5.41, 5.74) is 0.603. The maximum absolute atomic E-state index is 12.5. The Morgan fingerprint density at radius 2 is 1.83 bits per heavy atom. The lowest BCUT2D eigenvalue weighted by Crippen LogP contribution is -2.36. The summed E-state index contributed by atoms with van der Waals surface area (Å²) in [6, 6.07) is 6.69. The van der Waals surface area contributed by atoms with Gasteiger partial charge in [-0.3, -0.25) is 9.59 Å². The van der Waals surface area contributed by atoms with E-state index >= 15 is 0 Å². The van der Waals surface area contributed by atoms with Crippen molar-refractivity contribution >= 4 is 28.4 Å². The van der Waals surface area contributed by atoms with Crippen LogP contribution >= 0.6 is 11.6 Å². The molecule has 0 atom stereocenters. The molecule has 4 nitrogen and oxygen atoms in total. The van der Waals surface area contributed by atoms with E-state index in [1.54, 1.807) is 18.2 Å². The minimum absolute atomic E-state index is 0.188. The van der Waals surface area contributed by atoms with E-state index in [2.05, 4.69) is 10.3 Å². The summed E-state index contributed by atoms with van der Waals surface area (Å²) in [7, 11) is 0. The van der Waals surface area contributed by atoms with Crippen LogP contribution in [0.2, 0.25) is 5.02 Å². The highest BCUT2D eigenvalue weighted by Gasteiger charge is 2.17. The van der Waals surface area contributed by atoms with Crippen molar-refractivity contribution in [2.24, 2.45) is 0 Å². The molecule has 3 rings (SSSR count). The van der Waals surface area contributed by atoms with Gasteiger partial charge in [0.1, 0.15) is 5.69 Å². The van der Waals surface area contributed by atoms with E-state index in [1.807, 2.05) is 0 Å². The van der Waals surface area contributed by atoms with E-state index in [0.717, 1.165) is 25.7 Å². The van der Waals surface area contributed by atoms with E-state index in [9.17, 15) is 9.59 Å². The molecule has 2 N–H and O–H groups in total. The molecule has 1 saturated carbocycles. The summed E-state index contributed by atoms with van der Waals surface area (Å²) in [6.45, 7) is 0. The molecule has 0 saturated heterocycles. The summed E-state index contributed by atoms with van der Waals surface area (Å²) in [6.07, 6.45) is 8.05. The first-order chi connectivity index (χ1) is 11.1. The average Bonchev–Trinajstić information content (AvgIpc) is 2.50. The molecule has 0 spiro atoms. The van der Waals surface area contributed by atoms with Crippen LogP contribution in [0.25, 0.3) is 10.9 Å². The molecule has 122 valence electrons. The second kappa shape index (κ2) is 7.18. The molecule has 23 heavy (non-hydrogen) atoms. The molecular formula is C18H21ClN2O2. The molecule has 0 radical (unpaired) electrons. The van der Waals surface area contributed by atoms with Crippen molar-refractivity contribution in [3.8, 4) is 0 Å². The average molecular weight is 333 g/mol. The number of fused-ring (bicyclic) bond motifs is 1. The fourth-order valence-electron chi connectivity index (χ4n) is 3.22. The highest BCUT2D eigenvalue weighted by atomic mass is 35.5. The normalized spacial score (nSPS) is 16.7. The molecule has 1 aliphatic rings. The highest BCUT2D eigenvalue weighted by molar-refractivity contribution is 6.35. The fourth-order valence-corrected chi connectivity index (χ4v) is 3.44. The van der Waals surface area contributed by atoms with Crippen molar-refractivity contribution < 1.29 is 4.79 Å². The minimum atomic E-state index is -0.227. The summed E-state index contributed by atoms with van der Waals surface area (Å²) in [5.74, 6) is -0.227. The van der Waals surface area contributed by atoms with Crippen molar-refractivity contribution in [3.05, 3.63) is 45.2 Å². The second-order valence-electron chi connectivity index (χ2n) is 6.23. The molecule has 1 fully saturated rings. The number of hydrogen-bond acceptors (Lipinski definition) is 2. The number of benzene rings is 1. The lowest BCUT2D eigenvalue weighted by Gasteiger charge is -2.21. The van der Waals surface area contributed by atoms with E-state index < -0.39 is 0 Å². The predicted molar refractivity (Wildman–Crippen MR) is 93.2 cm³/mol. The number of aromatic amines is 1. The summed E-state index contributed by atoms with van der Waals surface area (Å²) in [4.78, 5) is 27.7. The van der Waals surface area contributed by atoms with Crippen molar-refractivity contribution in [1.29, 1.82) is 0 Å². The number of carbonyl (C=O) groups excluding carboxylic acids is 1. The molecule has 2 aromatic rings. The molecule has 1 aromatic heterocycles. The van der Waals surface area contributed by atoms with Crippen molar-refractivity contribution in [2.75, 3.05) is 0 Å². The van der Waals surface area contributed by atoms with Gasteiger partial charge in [-0.2, -0.15) is 0 Å². The lowest BCUT2D eigenvalue weighted by atomic mass is 9.96. The molecule has 0 unspecified atom stereocenters. The molecule has 0 bridgehead atoms. The van der Waals surface area contributed by atoms with Gasteiger partial charge in [0, 0.05) is 17.5 Å². The molecule has 0 aliphatic heterocycles. The van der Waals surface area contributed by atoms with Crippen molar-refractivity contribution in [1.82, 2.24) is 10.3 Å². The van der Waals surface area contributed by atoms with Crippen LogP contribution in [0.4, 0.5) is 0 Å². The van der Waals surface area contributed by atoms with Crippen LogP contribution < -0.4 is 10.7 Å². The second-order valence-corrected chi connectivity index (χ2v) is 6.63. The van der Waals surface area contributed by atoms with Gasteiger partial charge in [-0.15, -0.1) is 0 Å². The zero-order chi connectivity index (χ0) is 16.2. The Bertz CT molecular complexity index is 761. The SMILES string of the molecule is O=C(NC1CCCCCCC1)c1cc(=O)c2cccc(Cl)c2[nH]1. The number of H-pyrrole nitrogens is 1. The standard InChI is InChI=1S/C18H21ClN2O2/c19-14-10-6-9-13-16(22)11-15(21-17(13)14)18(23)20-12-7-4-2-1-3-5-8-12/h6,9-12H,1-5,7-8H2,(H,20,23)(H,21,22). The van der Waals surface area contributed by atoms with E-state index in [1.165, 1.54) is 25.3 Å². The number of nitrogens with one attached hydrogen (secondary N) is 2. The van der Waals surface area contributed by atoms with Gasteiger partial charge < -0.3 is 10.3 Å². The van der Waals surface area contributed by atoms with Gasteiger partial charge in [-0.05, 0) is 25.0 Å². The Balaban J connectivity index is 1.83. The monoisotopic (exact) mass is 332 g/mol. The first kappa shape index (κ1) is 16.1. The third-order valence-corrected chi connectivity index (χ3v) is 4.81. The van der Waals surface area contributed by atoms with Crippen molar-refractivity contribution in [2.45, 2.75) is 51.0 Å². The molecule has 1 heterocycles. The van der Waals surface area contributed by atoms with Crippen LogP contribution in [0.5, 0.6) is 0 Å². The molecule has 1 aromatic carbocycles. The Labute approximate surface area is 140 Å². The van der Waals surface area contributed by atoms with Crippen LogP contribution in [-0.4, -0.2) is 16.9 Å². The summed E-state index contributed by atoms with van der Waals surface area (Å²) >= 11 is 6.14. The molecular weight excluding hydrogens is 312 g/mol. The third kappa shape index (κ3) is 3.75. The van der Waals surface area contributed by atoms with Gasteiger partial charge in [0.2, 0.25) is 0 Å². The number of hydrogen-bond donors (Lipinski definition) is 2. The number of para-hydroxylation sites is 1. The van der Waals surface area contributed by atoms with E-state index in [-0.39, 0.29) is 23.1 Å². The first-order valence-electron chi connectivity index (χ1n) is 8.27. The van der Waals surface area contributed by atoms with Gasteiger partial charge in [-0.25, -0.2) is 0 Å². The van der Waals surface area contributed by atoms with Gasteiger partial charge in [0.05, 0.1) is 10.5 Å². The Hall–Kier alpha value is -1.81. The van der Waals surface area contributed by atoms with Gasteiger partial charge in [-0.1, -0.05) is 49.8 Å². The van der Waals surface area contributed by atoms with E-state index in [4.69, 9.17) is 11.6 Å². The summed E-state index contributed by atoms with van der Waals surface area (Å²) in [5, 5.41) is 4.01. The fraction of sp³-hybridized carbons (Fsp3) is 0.444. The number of amides is 1. The van der Waals surface area contributed by atoms with Crippen LogP contribution in [0, 0.1) is 0 Å². The topological polar surface area (TPSA) is 62.0 Å². The zero-order valence-corrected chi connectivity index (χ0v) is 13.8. The Morgan fingerprint density at radius 1 is 1.13 bits per heavy atom. The largest absolute Gasteiger partial charge is 0.349 e. The smallest absolute Gasteiger partial charge is 0.268 e. The molecule has 1 aliphatic carbocycles. The van der Waals surface area contributed by atoms with Crippen LogP contribution in [0.3, 0.4) is 0 Å².